The lowest BCUT2D eigenvalue weighted by molar-refractivity contribution is -0.115. The van der Waals surface area contributed by atoms with Crippen LogP contribution in [0.4, 0.5) is 21.9 Å². The van der Waals surface area contributed by atoms with Crippen LogP contribution < -0.4 is 16.0 Å². The summed E-state index contributed by atoms with van der Waals surface area (Å²) in [5, 5.41) is 10.6. The molecule has 0 saturated heterocycles. The van der Waals surface area contributed by atoms with E-state index in [1.807, 2.05) is 72.8 Å². The van der Waals surface area contributed by atoms with E-state index in [4.69, 9.17) is 0 Å². The second kappa shape index (κ2) is 8.92. The molecule has 30 heavy (non-hydrogen) atoms. The minimum absolute atomic E-state index is 0.0890. The van der Waals surface area contributed by atoms with Crippen molar-refractivity contribution in [1.29, 1.82) is 0 Å². The van der Waals surface area contributed by atoms with Crippen molar-refractivity contribution in [3.63, 3.8) is 0 Å². The first-order valence-corrected chi connectivity index (χ1v) is 9.67. The fraction of sp³-hybridized carbons (Fsp3) is 0.0400. The molecule has 0 aromatic heterocycles. The minimum atomic E-state index is -0.325. The number of hydrogen-bond donors (Lipinski definition) is 3. The highest BCUT2D eigenvalue weighted by atomic mass is 16.2. The molecule has 3 N–H and O–H groups in total. The summed E-state index contributed by atoms with van der Waals surface area (Å²) in [7, 11) is 0. The number of rotatable bonds is 5. The molecule has 4 aromatic carbocycles. The van der Waals surface area contributed by atoms with Crippen LogP contribution in [0.15, 0.2) is 97.1 Å². The van der Waals surface area contributed by atoms with E-state index in [0.29, 0.717) is 23.5 Å². The van der Waals surface area contributed by atoms with Gasteiger partial charge in [-0.2, -0.15) is 0 Å². The molecule has 0 spiro atoms. The second-order valence-corrected chi connectivity index (χ2v) is 6.89. The number of para-hydroxylation sites is 1. The van der Waals surface area contributed by atoms with Crippen molar-refractivity contribution < 1.29 is 9.59 Å². The van der Waals surface area contributed by atoms with E-state index >= 15 is 0 Å². The molecule has 5 heteroatoms. The summed E-state index contributed by atoms with van der Waals surface area (Å²) in [6, 6.07) is 29.9. The third kappa shape index (κ3) is 4.83. The lowest BCUT2D eigenvalue weighted by Gasteiger charge is -2.10. The zero-order valence-corrected chi connectivity index (χ0v) is 16.3. The van der Waals surface area contributed by atoms with Crippen molar-refractivity contribution in [1.82, 2.24) is 0 Å². The standard InChI is InChI=1S/C25H21N3O2/c29-24(17-19-9-6-8-18-7-4-5-12-23(18)19)26-21-13-15-22(16-14-21)28-25(30)27-20-10-2-1-3-11-20/h1-16H,17H2,(H,26,29)(H2,27,28,30). The second-order valence-electron chi connectivity index (χ2n) is 6.89. The molecular formula is C25H21N3O2. The molecule has 0 aliphatic heterocycles. The molecule has 148 valence electrons. The molecule has 4 aromatic rings. The molecule has 0 unspecified atom stereocenters. The molecule has 0 bridgehead atoms. The predicted octanol–water partition coefficient (Wildman–Crippen LogP) is 5.67. The van der Waals surface area contributed by atoms with Crippen LogP contribution in [-0.2, 0) is 11.2 Å². The molecule has 0 radical (unpaired) electrons. The van der Waals surface area contributed by atoms with Crippen molar-refractivity contribution >= 4 is 39.8 Å². The number of hydrogen-bond acceptors (Lipinski definition) is 2. The number of benzene rings is 4. The quantitative estimate of drug-likeness (QED) is 0.408. The highest BCUT2D eigenvalue weighted by molar-refractivity contribution is 6.00. The summed E-state index contributed by atoms with van der Waals surface area (Å²) in [6.07, 6.45) is 0.292. The van der Waals surface area contributed by atoms with Gasteiger partial charge in [0.15, 0.2) is 0 Å². The van der Waals surface area contributed by atoms with E-state index < -0.39 is 0 Å². The zero-order valence-electron chi connectivity index (χ0n) is 16.3. The van der Waals surface area contributed by atoms with Gasteiger partial charge in [-0.1, -0.05) is 60.7 Å². The number of amides is 3. The maximum Gasteiger partial charge on any atom is 0.323 e. The lowest BCUT2D eigenvalue weighted by atomic mass is 10.0. The van der Waals surface area contributed by atoms with Gasteiger partial charge < -0.3 is 16.0 Å². The molecular weight excluding hydrogens is 374 g/mol. The van der Waals surface area contributed by atoms with Crippen molar-refractivity contribution in [2.45, 2.75) is 6.42 Å². The largest absolute Gasteiger partial charge is 0.326 e. The van der Waals surface area contributed by atoms with Gasteiger partial charge in [-0.05, 0) is 52.7 Å². The summed E-state index contributed by atoms with van der Waals surface area (Å²) < 4.78 is 0. The summed E-state index contributed by atoms with van der Waals surface area (Å²) in [4.78, 5) is 24.6. The Bertz CT molecular complexity index is 1170. The molecule has 3 amide bonds. The summed E-state index contributed by atoms with van der Waals surface area (Å²) in [6.45, 7) is 0. The van der Waals surface area contributed by atoms with Gasteiger partial charge in [0.25, 0.3) is 0 Å². The van der Waals surface area contributed by atoms with Crippen LogP contribution in [0.25, 0.3) is 10.8 Å². The first kappa shape index (κ1) is 19.2. The minimum Gasteiger partial charge on any atom is -0.326 e. The van der Waals surface area contributed by atoms with E-state index in [2.05, 4.69) is 16.0 Å². The third-order valence-electron chi connectivity index (χ3n) is 4.69. The highest BCUT2D eigenvalue weighted by Gasteiger charge is 2.08. The Morgan fingerprint density at radius 2 is 1.13 bits per heavy atom. The van der Waals surface area contributed by atoms with E-state index in [9.17, 15) is 9.59 Å². The smallest absolute Gasteiger partial charge is 0.323 e. The van der Waals surface area contributed by atoms with Gasteiger partial charge in [0, 0.05) is 17.1 Å². The SMILES string of the molecule is O=C(Cc1cccc2ccccc12)Nc1ccc(NC(=O)Nc2ccccc2)cc1. The number of carbonyl (C=O) groups is 2. The van der Waals surface area contributed by atoms with Gasteiger partial charge >= 0.3 is 6.03 Å². The van der Waals surface area contributed by atoms with E-state index in [0.717, 1.165) is 16.3 Å². The Morgan fingerprint density at radius 1 is 0.567 bits per heavy atom. The van der Waals surface area contributed by atoms with Crippen LogP contribution in [0.3, 0.4) is 0 Å². The maximum absolute atomic E-state index is 12.5. The number of fused-ring (bicyclic) bond motifs is 1. The molecule has 0 atom stereocenters. The Hall–Kier alpha value is -4.12. The fourth-order valence-corrected chi connectivity index (χ4v) is 3.28. The molecule has 0 aliphatic rings. The third-order valence-corrected chi connectivity index (χ3v) is 4.69. The molecule has 0 saturated carbocycles. The molecule has 5 nitrogen and oxygen atoms in total. The highest BCUT2D eigenvalue weighted by Crippen LogP contribution is 2.20. The van der Waals surface area contributed by atoms with Crippen LogP contribution in [0.2, 0.25) is 0 Å². The van der Waals surface area contributed by atoms with Gasteiger partial charge in [0.1, 0.15) is 0 Å². The van der Waals surface area contributed by atoms with Crippen molar-refractivity contribution in [2.24, 2.45) is 0 Å². The van der Waals surface area contributed by atoms with Crippen LogP contribution >= 0.6 is 0 Å². The molecule has 0 fully saturated rings. The number of nitrogens with one attached hydrogen (secondary N) is 3. The Balaban J connectivity index is 1.35. The van der Waals surface area contributed by atoms with Gasteiger partial charge in [0.2, 0.25) is 5.91 Å². The average Bonchev–Trinajstić information content (AvgIpc) is 2.76. The topological polar surface area (TPSA) is 70.2 Å². The summed E-state index contributed by atoms with van der Waals surface area (Å²) in [5.74, 6) is -0.0890. The number of anilines is 3. The van der Waals surface area contributed by atoms with Crippen LogP contribution in [0, 0.1) is 0 Å². The molecule has 0 heterocycles. The Kier molecular flexibility index (Phi) is 5.71. The molecule has 4 rings (SSSR count). The van der Waals surface area contributed by atoms with Crippen LogP contribution in [0.5, 0.6) is 0 Å². The summed E-state index contributed by atoms with van der Waals surface area (Å²) in [5.41, 5.74) is 3.01. The Labute approximate surface area is 174 Å². The predicted molar refractivity (Wildman–Crippen MR) is 122 cm³/mol. The van der Waals surface area contributed by atoms with Gasteiger partial charge in [0.05, 0.1) is 6.42 Å². The first-order chi connectivity index (χ1) is 14.7. The monoisotopic (exact) mass is 395 g/mol. The molecule has 0 aliphatic carbocycles. The maximum atomic E-state index is 12.5. The van der Waals surface area contributed by atoms with Gasteiger partial charge in [-0.15, -0.1) is 0 Å². The van der Waals surface area contributed by atoms with Gasteiger partial charge in [-0.25, -0.2) is 4.79 Å². The van der Waals surface area contributed by atoms with Crippen LogP contribution in [-0.4, -0.2) is 11.9 Å². The normalized spacial score (nSPS) is 10.4. The average molecular weight is 395 g/mol. The number of urea groups is 1. The van der Waals surface area contributed by atoms with Crippen molar-refractivity contribution in [3.05, 3.63) is 103 Å². The van der Waals surface area contributed by atoms with Crippen LogP contribution in [0.1, 0.15) is 5.56 Å². The van der Waals surface area contributed by atoms with E-state index in [1.54, 1.807) is 24.3 Å². The first-order valence-electron chi connectivity index (χ1n) is 9.67. The lowest BCUT2D eigenvalue weighted by Crippen LogP contribution is -2.19. The van der Waals surface area contributed by atoms with E-state index in [1.165, 1.54) is 0 Å². The fourth-order valence-electron chi connectivity index (χ4n) is 3.28. The number of carbonyl (C=O) groups excluding carboxylic acids is 2. The Morgan fingerprint density at radius 3 is 1.87 bits per heavy atom. The van der Waals surface area contributed by atoms with Gasteiger partial charge in [-0.3, -0.25) is 4.79 Å². The summed E-state index contributed by atoms with van der Waals surface area (Å²) >= 11 is 0. The zero-order chi connectivity index (χ0) is 20.8. The van der Waals surface area contributed by atoms with Crippen molar-refractivity contribution in [2.75, 3.05) is 16.0 Å². The van der Waals surface area contributed by atoms with Crippen molar-refractivity contribution in [3.8, 4) is 0 Å². The van der Waals surface area contributed by atoms with E-state index in [-0.39, 0.29) is 11.9 Å².